The molecular weight excluding hydrogens is 632 g/mol. The number of carboxylic acid groups (broad SMARTS) is 1. The predicted octanol–water partition coefficient (Wildman–Crippen LogP) is 0.735. The number of hydrogen-bond acceptors (Lipinski definition) is 14. The van der Waals surface area contributed by atoms with Crippen LogP contribution >= 0.6 is 23.1 Å². The third-order valence-electron chi connectivity index (χ3n) is 7.21. The standard InChI is InChI=1S/C27H24N6O10S2/c1-3-32-6-13(21(34)12-4-16-17(5-15(12)32)43-10-42-16)26(39)41-7-11-8-44-24-19(23(36)33(24)20(11)25(37)38)30-22(35)18(31-40-2)14-9-45-27(28)29-14/h4-6,9,19,24H,3,7-8,10H2,1-2H3,(H2,28,29)(H,30,35)(H,37,38)/b31-18+/t19-,24-/m1/s1. The van der Waals surface area contributed by atoms with Crippen molar-refractivity contribution in [2.45, 2.75) is 24.9 Å². The van der Waals surface area contributed by atoms with E-state index in [0.717, 1.165) is 16.2 Å². The topological polar surface area (TPSA) is 214 Å². The maximum absolute atomic E-state index is 13.3. The van der Waals surface area contributed by atoms with Crippen LogP contribution in [0, 0.1) is 0 Å². The van der Waals surface area contributed by atoms with E-state index in [2.05, 4.69) is 15.5 Å². The van der Waals surface area contributed by atoms with Gasteiger partial charge in [-0.15, -0.1) is 23.1 Å². The summed E-state index contributed by atoms with van der Waals surface area (Å²) >= 11 is 2.26. The lowest BCUT2D eigenvalue weighted by Gasteiger charge is -2.49. The number of β-lactam (4-membered cyclic amide) rings is 1. The highest BCUT2D eigenvalue weighted by Gasteiger charge is 2.54. The number of aromatic nitrogens is 2. The molecule has 0 unspecified atom stereocenters. The molecule has 2 atom stereocenters. The number of thiazole rings is 1. The zero-order valence-electron chi connectivity index (χ0n) is 23.6. The Morgan fingerprint density at radius 1 is 1.24 bits per heavy atom. The van der Waals surface area contributed by atoms with Gasteiger partial charge in [-0.3, -0.25) is 19.3 Å². The minimum absolute atomic E-state index is 0.0126. The monoisotopic (exact) mass is 656 g/mol. The Balaban J connectivity index is 1.20. The number of oxime groups is 1. The first-order chi connectivity index (χ1) is 21.6. The van der Waals surface area contributed by atoms with Crippen molar-refractivity contribution in [2.75, 3.05) is 32.0 Å². The first-order valence-corrected chi connectivity index (χ1v) is 15.2. The Labute approximate surface area is 261 Å². The summed E-state index contributed by atoms with van der Waals surface area (Å²) in [5.41, 5.74) is 5.09. The van der Waals surface area contributed by atoms with E-state index in [1.165, 1.54) is 36.5 Å². The van der Waals surface area contributed by atoms with Crippen LogP contribution < -0.4 is 26.0 Å². The van der Waals surface area contributed by atoms with Gasteiger partial charge in [0.25, 0.3) is 11.8 Å². The molecule has 3 aromatic rings. The van der Waals surface area contributed by atoms with Crippen molar-refractivity contribution in [1.29, 1.82) is 0 Å². The number of aliphatic carboxylic acids is 1. The summed E-state index contributed by atoms with van der Waals surface area (Å²) in [7, 11) is 1.24. The van der Waals surface area contributed by atoms with Crippen molar-refractivity contribution in [2.24, 2.45) is 5.16 Å². The first kappa shape index (κ1) is 29.9. The van der Waals surface area contributed by atoms with Gasteiger partial charge >= 0.3 is 11.9 Å². The Bertz CT molecular complexity index is 1900. The van der Waals surface area contributed by atoms with Crippen molar-refractivity contribution in [3.05, 3.63) is 56.5 Å². The van der Waals surface area contributed by atoms with Gasteiger partial charge in [-0.05, 0) is 13.0 Å². The van der Waals surface area contributed by atoms with Crippen LogP contribution in [0.4, 0.5) is 5.13 Å². The fraction of sp³-hybridized carbons (Fsp3) is 0.296. The summed E-state index contributed by atoms with van der Waals surface area (Å²) in [5, 5.41) is 17.4. The highest BCUT2D eigenvalue weighted by Crippen LogP contribution is 2.40. The molecule has 3 aliphatic rings. The summed E-state index contributed by atoms with van der Waals surface area (Å²) in [5.74, 6) is -2.90. The number of pyridine rings is 1. The number of nitrogens with two attached hydrogens (primary N) is 1. The number of aryl methyl sites for hydroxylation is 1. The number of amides is 2. The number of hydrogen-bond donors (Lipinski definition) is 3. The van der Waals surface area contributed by atoms with Gasteiger partial charge in [-0.25, -0.2) is 14.6 Å². The van der Waals surface area contributed by atoms with E-state index in [-0.39, 0.29) is 51.3 Å². The van der Waals surface area contributed by atoms with E-state index in [0.29, 0.717) is 23.6 Å². The van der Waals surface area contributed by atoms with Crippen LogP contribution in [0.25, 0.3) is 10.9 Å². The number of rotatable bonds is 9. The maximum Gasteiger partial charge on any atom is 0.352 e. The SMILES string of the molecule is CCn1cc(C(=O)OCC2=C(C(=O)O)N3C(=O)[C@@H](NC(=O)/C(=N/OC)c4csc(N)n4)[C@H]3SC2)c(=O)c2cc3c(cc21)OCO3. The van der Waals surface area contributed by atoms with E-state index in [1.807, 2.05) is 6.92 Å². The first-order valence-electron chi connectivity index (χ1n) is 13.3. The second-order valence-corrected chi connectivity index (χ2v) is 11.8. The normalized spacial score (nSPS) is 18.8. The van der Waals surface area contributed by atoms with E-state index in [4.69, 9.17) is 24.8 Å². The summed E-state index contributed by atoms with van der Waals surface area (Å²) < 4.78 is 17.9. The van der Waals surface area contributed by atoms with E-state index in [9.17, 15) is 29.1 Å². The number of esters is 1. The highest BCUT2D eigenvalue weighted by atomic mass is 32.2. The average molecular weight is 657 g/mol. The smallest absolute Gasteiger partial charge is 0.352 e. The lowest BCUT2D eigenvalue weighted by molar-refractivity contribution is -0.150. The number of nitrogens with one attached hydrogen (secondary N) is 1. The minimum atomic E-state index is -1.42. The largest absolute Gasteiger partial charge is 0.477 e. The van der Waals surface area contributed by atoms with E-state index >= 15 is 0 Å². The molecule has 0 radical (unpaired) electrons. The molecule has 1 aromatic carbocycles. The highest BCUT2D eigenvalue weighted by molar-refractivity contribution is 8.00. The van der Waals surface area contributed by atoms with Gasteiger partial charge in [0.1, 0.15) is 42.1 Å². The molecule has 0 saturated carbocycles. The fourth-order valence-electron chi connectivity index (χ4n) is 5.11. The molecule has 0 spiro atoms. The molecule has 1 fully saturated rings. The van der Waals surface area contributed by atoms with Crippen molar-refractivity contribution < 1.29 is 43.3 Å². The lowest BCUT2D eigenvalue weighted by Crippen LogP contribution is -2.71. The number of carbonyl (C=O) groups is 4. The van der Waals surface area contributed by atoms with Gasteiger partial charge in [-0.1, -0.05) is 5.16 Å². The van der Waals surface area contributed by atoms with Crippen LogP contribution in [0.1, 0.15) is 23.0 Å². The van der Waals surface area contributed by atoms with Crippen LogP contribution in [0.2, 0.25) is 0 Å². The molecule has 18 heteroatoms. The van der Waals surface area contributed by atoms with Crippen LogP contribution in [-0.2, 0) is 30.5 Å². The second kappa shape index (κ2) is 11.8. The molecule has 0 bridgehead atoms. The minimum Gasteiger partial charge on any atom is -0.477 e. The molecule has 1 saturated heterocycles. The quantitative estimate of drug-likeness (QED) is 0.126. The number of fused-ring (bicyclic) bond motifs is 3. The molecule has 234 valence electrons. The average Bonchev–Trinajstić information content (AvgIpc) is 3.68. The van der Waals surface area contributed by atoms with Crippen LogP contribution in [0.3, 0.4) is 0 Å². The molecule has 16 nitrogen and oxygen atoms in total. The van der Waals surface area contributed by atoms with Crippen molar-refractivity contribution in [3.63, 3.8) is 0 Å². The van der Waals surface area contributed by atoms with E-state index in [1.54, 1.807) is 10.6 Å². The Kier molecular flexibility index (Phi) is 7.83. The molecule has 6 rings (SSSR count). The third kappa shape index (κ3) is 5.20. The molecule has 45 heavy (non-hydrogen) atoms. The van der Waals surface area contributed by atoms with Gasteiger partial charge in [0.15, 0.2) is 22.3 Å². The lowest BCUT2D eigenvalue weighted by atomic mass is 10.0. The number of anilines is 1. The molecule has 5 heterocycles. The Hall–Kier alpha value is -5.10. The van der Waals surface area contributed by atoms with Crippen LogP contribution in [-0.4, -0.2) is 86.7 Å². The van der Waals surface area contributed by atoms with Gasteiger partial charge in [0.2, 0.25) is 12.2 Å². The molecule has 0 aliphatic carbocycles. The number of nitrogen functional groups attached to an aromatic ring is 1. The number of carbonyl (C=O) groups excluding carboxylic acids is 3. The zero-order valence-corrected chi connectivity index (χ0v) is 25.2. The molecule has 3 aliphatic heterocycles. The van der Waals surface area contributed by atoms with Crippen molar-refractivity contribution in [3.8, 4) is 11.5 Å². The third-order valence-corrected chi connectivity index (χ3v) is 9.22. The summed E-state index contributed by atoms with van der Waals surface area (Å²) in [6.07, 6.45) is 1.38. The van der Waals surface area contributed by atoms with E-state index < -0.39 is 47.2 Å². The summed E-state index contributed by atoms with van der Waals surface area (Å²) in [4.78, 5) is 74.6. The Morgan fingerprint density at radius 3 is 2.67 bits per heavy atom. The van der Waals surface area contributed by atoms with Gasteiger partial charge in [-0.2, -0.15) is 0 Å². The van der Waals surface area contributed by atoms with Crippen LogP contribution in [0.15, 0.2) is 44.9 Å². The Morgan fingerprint density at radius 2 is 2.00 bits per heavy atom. The number of ether oxygens (including phenoxy) is 3. The van der Waals surface area contributed by atoms with Crippen molar-refractivity contribution in [1.82, 2.24) is 19.8 Å². The fourth-order valence-corrected chi connectivity index (χ4v) is 6.99. The number of nitrogens with zero attached hydrogens (tertiary/aromatic N) is 4. The number of carboxylic acids is 1. The molecule has 4 N–H and O–H groups in total. The maximum atomic E-state index is 13.3. The zero-order chi connectivity index (χ0) is 32.0. The number of thioether (sulfide) groups is 1. The van der Waals surface area contributed by atoms with Crippen molar-refractivity contribution >= 4 is 68.6 Å². The van der Waals surface area contributed by atoms with Gasteiger partial charge in [0, 0.05) is 35.5 Å². The van der Waals surface area contributed by atoms with Gasteiger partial charge < -0.3 is 39.8 Å². The summed E-state index contributed by atoms with van der Waals surface area (Å²) in [6, 6.07) is 2.10. The molecule has 2 amide bonds. The van der Waals surface area contributed by atoms with Gasteiger partial charge in [0.05, 0.1) is 10.9 Å². The molecule has 2 aromatic heterocycles. The second-order valence-electron chi connectivity index (χ2n) is 9.77. The number of benzene rings is 1. The molecular formula is C27H24N6O10S2. The van der Waals surface area contributed by atoms with Crippen LogP contribution in [0.5, 0.6) is 11.5 Å². The summed E-state index contributed by atoms with van der Waals surface area (Å²) in [6.45, 7) is 1.79. The predicted molar refractivity (Wildman–Crippen MR) is 160 cm³/mol.